The molecule has 0 aliphatic rings. The van der Waals surface area contributed by atoms with Gasteiger partial charge in [0.25, 0.3) is 0 Å². The van der Waals surface area contributed by atoms with Crippen LogP contribution in [0.25, 0.3) is 0 Å². The van der Waals surface area contributed by atoms with Crippen molar-refractivity contribution in [3.05, 3.63) is 11.7 Å². The van der Waals surface area contributed by atoms with Crippen LogP contribution in [0.1, 0.15) is 51.2 Å². The maximum Gasteiger partial charge on any atom is 0.389 e. The van der Waals surface area contributed by atoms with Crippen molar-refractivity contribution in [3.63, 3.8) is 0 Å². The molecule has 0 saturated heterocycles. The molecule has 0 aliphatic heterocycles. The van der Waals surface area contributed by atoms with Gasteiger partial charge < -0.3 is 9.84 Å². The maximum atomic E-state index is 12.1. The zero-order valence-corrected chi connectivity index (χ0v) is 12.0. The van der Waals surface area contributed by atoms with Crippen molar-refractivity contribution < 1.29 is 17.7 Å². The molecule has 1 heterocycles. The van der Waals surface area contributed by atoms with E-state index >= 15 is 0 Å². The Bertz CT molecular complexity index is 379. The lowest BCUT2D eigenvalue weighted by molar-refractivity contribution is -0.134. The third-order valence-corrected chi connectivity index (χ3v) is 2.88. The summed E-state index contributed by atoms with van der Waals surface area (Å²) in [5.74, 6) is 0.535. The molecule has 1 unspecified atom stereocenters. The predicted octanol–water partition coefficient (Wildman–Crippen LogP) is 3.28. The summed E-state index contributed by atoms with van der Waals surface area (Å²) in [6, 6.07) is 0.232. The first-order valence-corrected chi connectivity index (χ1v) is 7.06. The molecule has 0 radical (unpaired) electrons. The summed E-state index contributed by atoms with van der Waals surface area (Å²) in [5.41, 5.74) is 0. The maximum absolute atomic E-state index is 12.1. The van der Waals surface area contributed by atoms with Crippen LogP contribution in [0.4, 0.5) is 13.2 Å². The highest BCUT2D eigenvalue weighted by Crippen LogP contribution is 2.21. The van der Waals surface area contributed by atoms with E-state index in [2.05, 4.69) is 29.3 Å². The van der Waals surface area contributed by atoms with E-state index in [1.165, 1.54) is 0 Å². The minimum atomic E-state index is -4.19. The Morgan fingerprint density at radius 3 is 2.60 bits per heavy atom. The summed E-state index contributed by atoms with van der Waals surface area (Å²) in [5, 5.41) is 6.98. The summed E-state index contributed by atoms with van der Waals surface area (Å²) in [6.45, 7) is 5.07. The quantitative estimate of drug-likeness (QED) is 0.759. The van der Waals surface area contributed by atoms with Gasteiger partial charge in [-0.15, -0.1) is 0 Å². The van der Waals surface area contributed by atoms with Crippen LogP contribution in [0.15, 0.2) is 4.52 Å². The summed E-state index contributed by atoms with van der Waals surface area (Å²) in [7, 11) is 0. The van der Waals surface area contributed by atoms with Crippen LogP contribution in [0.5, 0.6) is 0 Å². The van der Waals surface area contributed by atoms with Gasteiger partial charge in [0.1, 0.15) is 0 Å². The highest BCUT2D eigenvalue weighted by molar-refractivity contribution is 4.90. The van der Waals surface area contributed by atoms with Gasteiger partial charge in [0.05, 0.1) is 6.42 Å². The topological polar surface area (TPSA) is 51.0 Å². The van der Waals surface area contributed by atoms with Crippen LogP contribution in [-0.4, -0.2) is 28.9 Å². The molecule has 0 aromatic carbocycles. The Morgan fingerprint density at radius 1 is 1.25 bits per heavy atom. The first-order valence-electron chi connectivity index (χ1n) is 7.06. The summed E-state index contributed by atoms with van der Waals surface area (Å²) < 4.78 is 41.3. The van der Waals surface area contributed by atoms with E-state index in [0.717, 1.165) is 25.8 Å². The molecule has 0 aliphatic carbocycles. The second-order valence-corrected chi connectivity index (χ2v) is 4.86. The first-order chi connectivity index (χ1) is 9.44. The second-order valence-electron chi connectivity index (χ2n) is 4.86. The number of aryl methyl sites for hydroxylation is 1. The fourth-order valence-electron chi connectivity index (χ4n) is 1.91. The Labute approximate surface area is 117 Å². The lowest BCUT2D eigenvalue weighted by atomic mass is 10.1. The fraction of sp³-hybridized carbons (Fsp3) is 0.846. The molecule has 20 heavy (non-hydrogen) atoms. The largest absolute Gasteiger partial charge is 0.389 e. The van der Waals surface area contributed by atoms with Gasteiger partial charge in [-0.3, -0.25) is 0 Å². The summed E-state index contributed by atoms with van der Waals surface area (Å²) in [6.07, 6.45) is -1.75. The molecule has 0 spiro atoms. The third kappa shape index (κ3) is 6.88. The van der Waals surface area contributed by atoms with Gasteiger partial charge in [0.2, 0.25) is 5.89 Å². The molecule has 1 aromatic rings. The Balaban J connectivity index is 2.48. The molecule has 4 nitrogen and oxygen atoms in total. The molecule has 1 rings (SSSR count). The van der Waals surface area contributed by atoms with Crippen molar-refractivity contribution in [2.24, 2.45) is 0 Å². The normalized spacial score (nSPS) is 13.7. The highest BCUT2D eigenvalue weighted by Gasteiger charge is 2.27. The number of hydrogen-bond acceptors (Lipinski definition) is 4. The number of rotatable bonds is 9. The third-order valence-electron chi connectivity index (χ3n) is 2.88. The number of halogens is 3. The minimum absolute atomic E-state index is 0.128. The number of nitrogens with zero attached hydrogens (tertiary/aromatic N) is 2. The fourth-order valence-corrected chi connectivity index (χ4v) is 1.91. The van der Waals surface area contributed by atoms with Gasteiger partial charge in [-0.25, -0.2) is 0 Å². The number of hydrogen-bond donors (Lipinski definition) is 1. The molecule has 0 fully saturated rings. The van der Waals surface area contributed by atoms with Crippen molar-refractivity contribution >= 4 is 0 Å². The predicted molar refractivity (Wildman–Crippen MR) is 69.4 cm³/mol. The zero-order valence-electron chi connectivity index (χ0n) is 12.0. The van der Waals surface area contributed by atoms with E-state index in [0.29, 0.717) is 12.3 Å². The van der Waals surface area contributed by atoms with E-state index in [9.17, 15) is 13.2 Å². The van der Waals surface area contributed by atoms with Crippen LogP contribution in [0.3, 0.4) is 0 Å². The average molecular weight is 293 g/mol. The van der Waals surface area contributed by atoms with Gasteiger partial charge in [-0.05, 0) is 19.4 Å². The zero-order chi connectivity index (χ0) is 15.0. The van der Waals surface area contributed by atoms with Gasteiger partial charge >= 0.3 is 6.18 Å². The lowest BCUT2D eigenvalue weighted by Crippen LogP contribution is -2.31. The van der Waals surface area contributed by atoms with Crippen molar-refractivity contribution in [2.45, 2.75) is 64.6 Å². The molecule has 0 bridgehead atoms. The van der Waals surface area contributed by atoms with Crippen molar-refractivity contribution in [1.82, 2.24) is 15.5 Å². The SMILES string of the molecule is CCCNC(CCC)Cc1nc(CCC(F)(F)F)no1. The Kier molecular flexibility index (Phi) is 6.98. The van der Waals surface area contributed by atoms with Crippen LogP contribution in [0, 0.1) is 0 Å². The van der Waals surface area contributed by atoms with Crippen molar-refractivity contribution in [2.75, 3.05) is 6.54 Å². The van der Waals surface area contributed by atoms with Gasteiger partial charge in [-0.2, -0.15) is 18.2 Å². The van der Waals surface area contributed by atoms with E-state index < -0.39 is 12.6 Å². The molecule has 0 saturated carbocycles. The van der Waals surface area contributed by atoms with Crippen molar-refractivity contribution in [1.29, 1.82) is 0 Å². The average Bonchev–Trinajstić information content (AvgIpc) is 2.81. The molecule has 116 valence electrons. The summed E-state index contributed by atoms with van der Waals surface area (Å²) >= 11 is 0. The number of alkyl halides is 3. The van der Waals surface area contributed by atoms with E-state index in [1.807, 2.05) is 0 Å². The van der Waals surface area contributed by atoms with E-state index in [4.69, 9.17) is 4.52 Å². The van der Waals surface area contributed by atoms with Gasteiger partial charge in [0.15, 0.2) is 5.82 Å². The standard InChI is InChI=1S/C13H22F3N3O/c1-3-5-10(17-8-4-2)9-12-18-11(19-20-12)6-7-13(14,15)16/h10,17H,3-9H2,1-2H3. The molecule has 0 amide bonds. The minimum Gasteiger partial charge on any atom is -0.339 e. The van der Waals surface area contributed by atoms with Gasteiger partial charge in [0, 0.05) is 18.9 Å². The molecule has 1 atom stereocenters. The van der Waals surface area contributed by atoms with E-state index in [-0.39, 0.29) is 18.3 Å². The number of nitrogens with one attached hydrogen (secondary N) is 1. The van der Waals surface area contributed by atoms with Crippen molar-refractivity contribution in [3.8, 4) is 0 Å². The van der Waals surface area contributed by atoms with Crippen LogP contribution >= 0.6 is 0 Å². The second kappa shape index (κ2) is 8.24. The van der Waals surface area contributed by atoms with Crippen LogP contribution < -0.4 is 5.32 Å². The molecular formula is C13H22F3N3O. The van der Waals surface area contributed by atoms with E-state index in [1.54, 1.807) is 0 Å². The molecular weight excluding hydrogens is 271 g/mol. The molecule has 1 aromatic heterocycles. The highest BCUT2D eigenvalue weighted by atomic mass is 19.4. The van der Waals surface area contributed by atoms with Gasteiger partial charge in [-0.1, -0.05) is 25.4 Å². The molecule has 7 heteroatoms. The monoisotopic (exact) mass is 293 g/mol. The Hall–Kier alpha value is -1.11. The first kappa shape index (κ1) is 16.9. The van der Waals surface area contributed by atoms with Crippen LogP contribution in [-0.2, 0) is 12.8 Å². The lowest BCUT2D eigenvalue weighted by Gasteiger charge is -2.15. The molecule has 1 N–H and O–H groups in total. The number of aromatic nitrogens is 2. The summed E-state index contributed by atoms with van der Waals surface area (Å²) in [4.78, 5) is 4.03. The Morgan fingerprint density at radius 2 is 2.00 bits per heavy atom. The smallest absolute Gasteiger partial charge is 0.339 e. The van der Waals surface area contributed by atoms with Crippen LogP contribution in [0.2, 0.25) is 0 Å².